The topological polar surface area (TPSA) is 83.6 Å². The zero-order valence-electron chi connectivity index (χ0n) is 18.8. The maximum Gasteiger partial charge on any atom is 0.417 e. The molecule has 0 radical (unpaired) electrons. The van der Waals surface area contributed by atoms with Gasteiger partial charge in [-0.3, -0.25) is 9.55 Å². The summed E-state index contributed by atoms with van der Waals surface area (Å²) in [7, 11) is -1.56. The molecule has 0 saturated carbocycles. The molecule has 1 atom stereocenters. The number of rotatable bonds is 4. The molecular formula is C24H19F4N5OS. The molecule has 3 aromatic heterocycles. The Kier molecular flexibility index (Phi) is 6.21. The number of nitrogens with one attached hydrogen (secondary N) is 1. The lowest BCUT2D eigenvalue weighted by molar-refractivity contribution is -0.137. The number of nitriles is 1. The van der Waals surface area contributed by atoms with Crippen LogP contribution in [0.5, 0.6) is 0 Å². The van der Waals surface area contributed by atoms with E-state index in [4.69, 9.17) is 0 Å². The van der Waals surface area contributed by atoms with Crippen molar-refractivity contribution in [3.8, 4) is 23.1 Å². The second-order valence-corrected chi connectivity index (χ2v) is 9.95. The van der Waals surface area contributed by atoms with Crippen LogP contribution in [0.2, 0.25) is 0 Å². The lowest BCUT2D eigenvalue weighted by Gasteiger charge is -2.19. The first kappa shape index (κ1) is 24.5. The normalized spacial score (nSPS) is 13.1. The summed E-state index contributed by atoms with van der Waals surface area (Å²) < 4.78 is 70.6. The van der Waals surface area contributed by atoms with Crippen molar-refractivity contribution in [2.45, 2.75) is 37.4 Å². The van der Waals surface area contributed by atoms with E-state index in [-0.39, 0.29) is 28.0 Å². The first-order valence-electron chi connectivity index (χ1n) is 10.3. The highest BCUT2D eigenvalue weighted by atomic mass is 32.2. The van der Waals surface area contributed by atoms with E-state index in [0.29, 0.717) is 16.8 Å². The molecule has 4 aromatic rings. The van der Waals surface area contributed by atoms with Gasteiger partial charge in [0.05, 0.1) is 27.4 Å². The molecule has 1 unspecified atom stereocenters. The highest BCUT2D eigenvalue weighted by Crippen LogP contribution is 2.37. The number of halogens is 4. The van der Waals surface area contributed by atoms with E-state index in [2.05, 4.69) is 14.7 Å². The van der Waals surface area contributed by atoms with Crippen molar-refractivity contribution in [1.82, 2.24) is 19.3 Å². The fourth-order valence-corrected chi connectivity index (χ4v) is 4.50. The lowest BCUT2D eigenvalue weighted by Crippen LogP contribution is -2.37. The molecule has 1 aromatic carbocycles. The SMILES string of the molecule is CC(C)(C)NS(=O)c1ccc(-c2c(C#N)c3cc(C(F)(F)F)cnc3n2-c2ccc(F)cc2)nc1. The largest absolute Gasteiger partial charge is 0.417 e. The summed E-state index contributed by atoms with van der Waals surface area (Å²) in [5.41, 5.74) is -0.609. The van der Waals surface area contributed by atoms with Gasteiger partial charge >= 0.3 is 6.18 Å². The van der Waals surface area contributed by atoms with Crippen molar-refractivity contribution >= 4 is 22.0 Å². The summed E-state index contributed by atoms with van der Waals surface area (Å²) in [5, 5.41) is 9.90. The first-order chi connectivity index (χ1) is 16.4. The van der Waals surface area contributed by atoms with E-state index in [1.807, 2.05) is 26.8 Å². The van der Waals surface area contributed by atoms with E-state index in [9.17, 15) is 27.0 Å². The van der Waals surface area contributed by atoms with Crippen molar-refractivity contribution in [2.24, 2.45) is 0 Å². The molecule has 3 heterocycles. The molecule has 4 rings (SSSR count). The number of alkyl halides is 3. The number of benzene rings is 1. The fraction of sp³-hybridized carbons (Fsp3) is 0.208. The predicted molar refractivity (Wildman–Crippen MR) is 123 cm³/mol. The van der Waals surface area contributed by atoms with Crippen molar-refractivity contribution in [1.29, 1.82) is 5.26 Å². The molecule has 180 valence electrons. The summed E-state index contributed by atoms with van der Waals surface area (Å²) in [6, 6.07) is 11.2. The Morgan fingerprint density at radius 1 is 1.03 bits per heavy atom. The molecule has 6 nitrogen and oxygen atoms in total. The van der Waals surface area contributed by atoms with Gasteiger partial charge in [0.25, 0.3) is 0 Å². The maximum atomic E-state index is 13.6. The number of hydrogen-bond donors (Lipinski definition) is 1. The van der Waals surface area contributed by atoms with Gasteiger partial charge in [-0.25, -0.2) is 18.3 Å². The van der Waals surface area contributed by atoms with E-state index >= 15 is 0 Å². The summed E-state index contributed by atoms with van der Waals surface area (Å²) in [6.07, 6.45) is -2.60. The van der Waals surface area contributed by atoms with Crippen LogP contribution in [0, 0.1) is 17.1 Å². The molecule has 0 spiro atoms. The third kappa shape index (κ3) is 4.94. The summed E-state index contributed by atoms with van der Waals surface area (Å²) in [4.78, 5) is 8.73. The first-order valence-corrected chi connectivity index (χ1v) is 11.5. The minimum Gasteiger partial charge on any atom is -0.291 e. The highest BCUT2D eigenvalue weighted by molar-refractivity contribution is 7.83. The predicted octanol–water partition coefficient (Wildman–Crippen LogP) is 5.53. The van der Waals surface area contributed by atoms with Gasteiger partial charge in [0, 0.05) is 29.0 Å². The van der Waals surface area contributed by atoms with Crippen molar-refractivity contribution < 1.29 is 21.8 Å². The number of pyridine rings is 2. The number of fused-ring (bicyclic) bond motifs is 1. The van der Waals surface area contributed by atoms with Crippen LogP contribution >= 0.6 is 0 Å². The van der Waals surface area contributed by atoms with Gasteiger partial charge in [0.1, 0.15) is 28.5 Å². The smallest absolute Gasteiger partial charge is 0.291 e. The zero-order chi connectivity index (χ0) is 25.5. The number of nitrogens with zero attached hydrogens (tertiary/aromatic N) is 4. The van der Waals surface area contributed by atoms with Gasteiger partial charge in [-0.05, 0) is 63.2 Å². The van der Waals surface area contributed by atoms with Crippen LogP contribution in [0.1, 0.15) is 31.9 Å². The third-order valence-electron chi connectivity index (χ3n) is 4.92. The van der Waals surface area contributed by atoms with E-state index in [1.54, 1.807) is 6.07 Å². The molecule has 0 saturated heterocycles. The second-order valence-electron chi connectivity index (χ2n) is 8.74. The van der Waals surface area contributed by atoms with Crippen molar-refractivity contribution in [3.05, 3.63) is 71.8 Å². The number of hydrogen-bond acceptors (Lipinski definition) is 4. The van der Waals surface area contributed by atoms with E-state index in [1.165, 1.54) is 41.1 Å². The summed E-state index contributed by atoms with van der Waals surface area (Å²) >= 11 is 0. The molecular weight excluding hydrogens is 482 g/mol. The van der Waals surface area contributed by atoms with Gasteiger partial charge in [-0.2, -0.15) is 18.4 Å². The minimum absolute atomic E-state index is 0.0227. The molecule has 11 heteroatoms. The fourth-order valence-electron chi connectivity index (χ4n) is 3.48. The Morgan fingerprint density at radius 3 is 2.26 bits per heavy atom. The van der Waals surface area contributed by atoms with Crippen LogP contribution in [0.25, 0.3) is 28.1 Å². The van der Waals surface area contributed by atoms with Gasteiger partial charge in [0.15, 0.2) is 0 Å². The highest BCUT2D eigenvalue weighted by Gasteiger charge is 2.33. The Bertz CT molecular complexity index is 1460. The Labute approximate surface area is 200 Å². The van der Waals surface area contributed by atoms with Crippen molar-refractivity contribution in [3.63, 3.8) is 0 Å². The lowest BCUT2D eigenvalue weighted by atomic mass is 10.1. The average molecular weight is 502 g/mol. The molecule has 35 heavy (non-hydrogen) atoms. The average Bonchev–Trinajstić information content (AvgIpc) is 3.11. The molecule has 0 amide bonds. The molecule has 0 bridgehead atoms. The second kappa shape index (κ2) is 8.87. The quantitative estimate of drug-likeness (QED) is 0.373. The molecule has 1 N–H and O–H groups in total. The Hall–Kier alpha value is -3.62. The van der Waals surface area contributed by atoms with Crippen LogP contribution in [0.4, 0.5) is 17.6 Å². The third-order valence-corrected chi connectivity index (χ3v) is 6.39. The van der Waals surface area contributed by atoms with Crippen LogP contribution < -0.4 is 4.72 Å². The monoisotopic (exact) mass is 501 g/mol. The van der Waals surface area contributed by atoms with Gasteiger partial charge in [-0.1, -0.05) is 0 Å². The molecule has 0 aliphatic rings. The maximum absolute atomic E-state index is 13.6. The van der Waals surface area contributed by atoms with Crippen LogP contribution in [-0.4, -0.2) is 24.3 Å². The van der Waals surface area contributed by atoms with E-state index in [0.717, 1.165) is 6.07 Å². The summed E-state index contributed by atoms with van der Waals surface area (Å²) in [5.74, 6) is -0.504. The Balaban J connectivity index is 1.95. The van der Waals surface area contributed by atoms with Gasteiger partial charge in [0.2, 0.25) is 0 Å². The van der Waals surface area contributed by atoms with E-state index < -0.39 is 34.1 Å². The standard InChI is InChI=1S/C24H19F4N5OS/c1-23(2,3)32-35(34)17-8-9-20(30-13-17)21-19(11-29)18-10-14(24(26,27)28)12-31-22(18)33(21)16-6-4-15(25)5-7-16/h4-10,12-13,32H,1-3H3. The summed E-state index contributed by atoms with van der Waals surface area (Å²) in [6.45, 7) is 5.57. The van der Waals surface area contributed by atoms with Crippen LogP contribution in [0.15, 0.2) is 59.8 Å². The molecule has 0 aliphatic heterocycles. The zero-order valence-corrected chi connectivity index (χ0v) is 19.6. The number of aromatic nitrogens is 3. The Morgan fingerprint density at radius 2 is 1.71 bits per heavy atom. The van der Waals surface area contributed by atoms with Crippen molar-refractivity contribution in [2.75, 3.05) is 0 Å². The minimum atomic E-state index is -4.66. The molecule has 0 aliphatic carbocycles. The molecule has 0 fully saturated rings. The van der Waals surface area contributed by atoms with Crippen LogP contribution in [-0.2, 0) is 17.2 Å². The van der Waals surface area contributed by atoms with Crippen LogP contribution in [0.3, 0.4) is 0 Å². The van der Waals surface area contributed by atoms with Gasteiger partial charge in [-0.15, -0.1) is 0 Å². The van der Waals surface area contributed by atoms with Gasteiger partial charge < -0.3 is 0 Å².